The summed E-state index contributed by atoms with van der Waals surface area (Å²) < 4.78 is 1.86. The van der Waals surface area contributed by atoms with Gasteiger partial charge < -0.3 is 5.32 Å². The summed E-state index contributed by atoms with van der Waals surface area (Å²) in [4.78, 5) is 33.0. The number of para-hydroxylation sites is 1. The third-order valence-electron chi connectivity index (χ3n) is 7.49. The maximum absolute atomic E-state index is 13.9. The third-order valence-corrected chi connectivity index (χ3v) is 8.73. The molecule has 210 valence electrons. The van der Waals surface area contributed by atoms with Crippen LogP contribution in [0.4, 0.5) is 5.82 Å². The molecule has 1 N–H and O–H groups in total. The number of carbonyl (C=O) groups excluding carboxylic acids is 2. The number of aryl methyl sites for hydroxylation is 2. The molecule has 2 aromatic heterocycles. The van der Waals surface area contributed by atoms with Crippen molar-refractivity contribution in [3.63, 3.8) is 0 Å². The van der Waals surface area contributed by atoms with Gasteiger partial charge in [-0.3, -0.25) is 19.5 Å². The van der Waals surface area contributed by atoms with E-state index in [1.807, 2.05) is 90.5 Å². The Morgan fingerprint density at radius 1 is 0.905 bits per heavy atom. The number of nitrogens with zero attached hydrogens (tertiary/aromatic N) is 4. The van der Waals surface area contributed by atoms with Crippen molar-refractivity contribution in [3.8, 4) is 16.9 Å². The number of pyridine rings is 1. The minimum absolute atomic E-state index is 0.121. The predicted molar refractivity (Wildman–Crippen MR) is 168 cm³/mol. The minimum Gasteiger partial charge on any atom is -0.350 e. The zero-order valence-corrected chi connectivity index (χ0v) is 24.3. The molecular formula is C34H31N5O2S. The third kappa shape index (κ3) is 5.45. The first-order valence-corrected chi connectivity index (χ1v) is 14.9. The predicted octanol–water partition coefficient (Wildman–Crippen LogP) is 6.04. The number of amides is 2. The van der Waals surface area contributed by atoms with Gasteiger partial charge in [0.05, 0.1) is 22.4 Å². The topological polar surface area (TPSA) is 80.1 Å². The molecule has 0 radical (unpaired) electrons. The lowest BCUT2D eigenvalue weighted by atomic mass is 9.96. The number of thioether (sulfide) groups is 1. The highest BCUT2D eigenvalue weighted by atomic mass is 32.2. The Bertz CT molecular complexity index is 1740. The van der Waals surface area contributed by atoms with Gasteiger partial charge in [0.25, 0.3) is 0 Å². The van der Waals surface area contributed by atoms with E-state index in [4.69, 9.17) is 5.10 Å². The van der Waals surface area contributed by atoms with E-state index >= 15 is 0 Å². The number of rotatable bonds is 7. The van der Waals surface area contributed by atoms with Gasteiger partial charge in [0.1, 0.15) is 12.4 Å². The molecule has 0 fully saturated rings. The van der Waals surface area contributed by atoms with Gasteiger partial charge in [0.15, 0.2) is 0 Å². The molecular weight excluding hydrogens is 542 g/mol. The Morgan fingerprint density at radius 3 is 2.33 bits per heavy atom. The highest BCUT2D eigenvalue weighted by molar-refractivity contribution is 8.00. The molecule has 1 aliphatic heterocycles. The fourth-order valence-electron chi connectivity index (χ4n) is 5.32. The van der Waals surface area contributed by atoms with Crippen LogP contribution in [0.2, 0.25) is 0 Å². The van der Waals surface area contributed by atoms with Gasteiger partial charge in [-0.15, -0.1) is 11.8 Å². The zero-order chi connectivity index (χ0) is 29.1. The Hall–Kier alpha value is -4.69. The van der Waals surface area contributed by atoms with E-state index in [0.29, 0.717) is 12.4 Å². The summed E-state index contributed by atoms with van der Waals surface area (Å²) in [5.74, 6) is 0.480. The standard InChI is InChI=1S/C34H31N5O2S/c1-23-10-6-8-14-27(23)33-31-32(26-12-4-3-5-13-26)37-39(28-15-9-7-11-24(28)2)34(31)38(30(41)22-42-33)21-29(40)36-20-25-16-18-35-19-17-25/h3-19,33H,20-22H2,1-2H3,(H,36,40). The molecule has 42 heavy (non-hydrogen) atoms. The molecule has 8 heteroatoms. The summed E-state index contributed by atoms with van der Waals surface area (Å²) in [6, 6.07) is 30.1. The van der Waals surface area contributed by atoms with E-state index in [0.717, 1.165) is 44.8 Å². The van der Waals surface area contributed by atoms with E-state index in [1.54, 1.807) is 29.1 Å². The molecule has 6 rings (SSSR count). The highest BCUT2D eigenvalue weighted by Gasteiger charge is 2.38. The normalized spacial score (nSPS) is 14.8. The number of hydrogen-bond donors (Lipinski definition) is 1. The Balaban J connectivity index is 1.54. The smallest absolute Gasteiger partial charge is 0.240 e. The van der Waals surface area contributed by atoms with Crippen LogP contribution >= 0.6 is 11.8 Å². The SMILES string of the molecule is Cc1ccccc1C1SCC(=O)N(CC(=O)NCc2ccncc2)c2c1c(-c1ccccc1)nn2-c1ccccc1C. The van der Waals surface area contributed by atoms with Crippen LogP contribution in [0.15, 0.2) is 103 Å². The monoisotopic (exact) mass is 573 g/mol. The molecule has 1 aliphatic rings. The largest absolute Gasteiger partial charge is 0.350 e. The van der Waals surface area contributed by atoms with Gasteiger partial charge in [-0.05, 0) is 54.3 Å². The van der Waals surface area contributed by atoms with Gasteiger partial charge in [0, 0.05) is 30.1 Å². The molecule has 2 amide bonds. The van der Waals surface area contributed by atoms with Crippen molar-refractivity contribution in [2.24, 2.45) is 0 Å². The Labute approximate surface area is 249 Å². The van der Waals surface area contributed by atoms with Crippen LogP contribution in [0, 0.1) is 13.8 Å². The second-order valence-corrected chi connectivity index (χ2v) is 11.4. The fourth-order valence-corrected chi connectivity index (χ4v) is 6.62. The van der Waals surface area contributed by atoms with Gasteiger partial charge in [-0.25, -0.2) is 4.68 Å². The van der Waals surface area contributed by atoms with Crippen LogP contribution in [0.25, 0.3) is 16.9 Å². The van der Waals surface area contributed by atoms with E-state index in [1.165, 1.54) is 0 Å². The summed E-state index contributed by atoms with van der Waals surface area (Å²) in [7, 11) is 0. The van der Waals surface area contributed by atoms with Crippen molar-refractivity contribution in [3.05, 3.63) is 131 Å². The van der Waals surface area contributed by atoms with Crippen molar-refractivity contribution in [2.75, 3.05) is 17.2 Å². The molecule has 3 heterocycles. The molecule has 1 unspecified atom stereocenters. The fraction of sp³-hybridized carbons (Fsp3) is 0.176. The van der Waals surface area contributed by atoms with Crippen LogP contribution in [0.3, 0.4) is 0 Å². The highest BCUT2D eigenvalue weighted by Crippen LogP contribution is 2.49. The van der Waals surface area contributed by atoms with E-state index in [9.17, 15) is 9.59 Å². The lowest BCUT2D eigenvalue weighted by Crippen LogP contribution is -2.42. The maximum Gasteiger partial charge on any atom is 0.240 e. The van der Waals surface area contributed by atoms with Gasteiger partial charge in [0.2, 0.25) is 11.8 Å². The first-order valence-electron chi connectivity index (χ1n) is 13.9. The number of hydrogen-bond acceptors (Lipinski definition) is 5. The number of anilines is 1. The Kier molecular flexibility index (Phi) is 7.88. The molecule has 5 aromatic rings. The average Bonchev–Trinajstić information content (AvgIpc) is 3.34. The number of nitrogens with one attached hydrogen (secondary N) is 1. The maximum atomic E-state index is 13.9. The molecule has 0 bridgehead atoms. The van der Waals surface area contributed by atoms with Crippen LogP contribution < -0.4 is 10.2 Å². The number of benzene rings is 3. The van der Waals surface area contributed by atoms with E-state index in [2.05, 4.69) is 29.4 Å². The number of aromatic nitrogens is 3. The van der Waals surface area contributed by atoms with Gasteiger partial charge in [-0.2, -0.15) is 5.10 Å². The first-order chi connectivity index (χ1) is 20.5. The molecule has 0 saturated heterocycles. The average molecular weight is 574 g/mol. The molecule has 3 aromatic carbocycles. The van der Waals surface area contributed by atoms with Crippen LogP contribution in [-0.4, -0.2) is 38.9 Å². The van der Waals surface area contributed by atoms with Crippen molar-refractivity contribution in [1.82, 2.24) is 20.1 Å². The van der Waals surface area contributed by atoms with E-state index < -0.39 is 0 Å². The van der Waals surface area contributed by atoms with Crippen molar-refractivity contribution in [2.45, 2.75) is 25.6 Å². The lowest BCUT2D eigenvalue weighted by molar-refractivity contribution is -0.123. The van der Waals surface area contributed by atoms with Gasteiger partial charge in [-0.1, -0.05) is 72.8 Å². The summed E-state index contributed by atoms with van der Waals surface area (Å²) >= 11 is 1.58. The first kappa shape index (κ1) is 27.5. The minimum atomic E-state index is -0.246. The zero-order valence-electron chi connectivity index (χ0n) is 23.5. The molecule has 7 nitrogen and oxygen atoms in total. The van der Waals surface area contributed by atoms with Gasteiger partial charge >= 0.3 is 0 Å². The summed E-state index contributed by atoms with van der Waals surface area (Å²) in [6.07, 6.45) is 3.39. The van der Waals surface area contributed by atoms with E-state index in [-0.39, 0.29) is 29.4 Å². The quantitative estimate of drug-likeness (QED) is 0.257. The number of carbonyl (C=O) groups is 2. The molecule has 0 aliphatic carbocycles. The number of fused-ring (bicyclic) bond motifs is 1. The van der Waals surface area contributed by atoms with Crippen LogP contribution in [0.1, 0.15) is 33.1 Å². The second-order valence-electron chi connectivity index (χ2n) is 10.3. The van der Waals surface area contributed by atoms with Crippen LogP contribution in [-0.2, 0) is 16.1 Å². The van der Waals surface area contributed by atoms with Crippen molar-refractivity contribution < 1.29 is 9.59 Å². The lowest BCUT2D eigenvalue weighted by Gasteiger charge is -2.24. The Morgan fingerprint density at radius 2 is 1.60 bits per heavy atom. The summed E-state index contributed by atoms with van der Waals surface area (Å²) in [6.45, 7) is 4.36. The van der Waals surface area contributed by atoms with Crippen molar-refractivity contribution in [1.29, 1.82) is 0 Å². The molecule has 1 atom stereocenters. The molecule has 0 spiro atoms. The second kappa shape index (κ2) is 12.0. The van der Waals surface area contributed by atoms with Crippen molar-refractivity contribution >= 4 is 29.4 Å². The summed E-state index contributed by atoms with van der Waals surface area (Å²) in [5, 5.41) is 8.01. The summed E-state index contributed by atoms with van der Waals surface area (Å²) in [5.41, 5.74) is 7.76. The molecule has 0 saturated carbocycles. The van der Waals surface area contributed by atoms with Crippen LogP contribution in [0.5, 0.6) is 0 Å².